The predicted octanol–water partition coefficient (Wildman–Crippen LogP) is 8.14. The number of fused-ring (bicyclic) bond motifs is 1. The molecule has 2 aliphatic heterocycles. The number of ether oxygens (including phenoxy) is 1. The van der Waals surface area contributed by atoms with E-state index >= 15 is 0 Å². The Bertz CT molecular complexity index is 1660. The van der Waals surface area contributed by atoms with Crippen LogP contribution in [-0.2, 0) is 17.1 Å². The van der Waals surface area contributed by atoms with Gasteiger partial charge in [-0.1, -0.05) is 23.9 Å². The monoisotopic (exact) mass is 663 g/mol. The molecule has 0 aromatic heterocycles. The van der Waals surface area contributed by atoms with E-state index in [1.165, 1.54) is 19.2 Å². The largest absolute Gasteiger partial charge is 0.497 e. The van der Waals surface area contributed by atoms with Crippen molar-refractivity contribution in [1.29, 1.82) is 0 Å². The minimum Gasteiger partial charge on any atom is -0.497 e. The molecule has 0 radical (unpaired) electrons. The van der Waals surface area contributed by atoms with Crippen molar-refractivity contribution in [2.45, 2.75) is 31.7 Å². The molecule has 46 heavy (non-hydrogen) atoms. The van der Waals surface area contributed by atoms with Crippen molar-refractivity contribution < 1.29 is 40.7 Å². The topological polar surface area (TPSA) is 95.1 Å². The minimum atomic E-state index is -5.06. The average molecular weight is 664 g/mol. The number of carbonyl (C=O) groups excluding carboxylic acids is 2. The zero-order valence-electron chi connectivity index (χ0n) is 24.3. The maximum atomic E-state index is 13.6. The first-order valence-corrected chi connectivity index (χ1v) is 14.8. The fraction of sp³-hybridized carbons (Fsp3) is 0.258. The van der Waals surface area contributed by atoms with E-state index < -0.39 is 41.2 Å². The van der Waals surface area contributed by atoms with Gasteiger partial charge in [0.25, 0.3) is 5.91 Å². The van der Waals surface area contributed by atoms with E-state index in [1.807, 2.05) is 10.2 Å². The van der Waals surface area contributed by atoms with Crippen molar-refractivity contribution in [3.63, 3.8) is 0 Å². The Morgan fingerprint density at radius 1 is 0.848 bits per heavy atom. The number of hydrogen-bond acceptors (Lipinski definition) is 6. The number of anilines is 3. The SMILES string of the molecule is COc1ccc(NC(=O)C2=C(C)N=C3SCCCN3C2c2ccc(NC(=O)Nc3cc(C(F)(F)F)cc(C(F)(F)F)c3)cc2)cc1. The van der Waals surface area contributed by atoms with Gasteiger partial charge < -0.3 is 25.6 Å². The molecular weight excluding hydrogens is 636 g/mol. The van der Waals surface area contributed by atoms with Gasteiger partial charge in [0.05, 0.1) is 35.5 Å². The Balaban J connectivity index is 1.36. The quantitative estimate of drug-likeness (QED) is 0.232. The van der Waals surface area contributed by atoms with Crippen LogP contribution in [0.1, 0.15) is 36.1 Å². The molecular formula is C31H27F6N5O3S. The maximum absolute atomic E-state index is 13.6. The number of allylic oxidation sites excluding steroid dienone is 1. The summed E-state index contributed by atoms with van der Waals surface area (Å²) in [5.74, 6) is 1.15. The number of methoxy groups -OCH3 is 1. The normalized spacial score (nSPS) is 16.7. The van der Waals surface area contributed by atoms with E-state index in [0.717, 1.165) is 17.3 Å². The van der Waals surface area contributed by atoms with Crippen LogP contribution < -0.4 is 20.7 Å². The van der Waals surface area contributed by atoms with E-state index in [4.69, 9.17) is 4.74 Å². The first-order chi connectivity index (χ1) is 21.7. The number of rotatable bonds is 6. The number of aliphatic imine (C=N–C) groups is 1. The third kappa shape index (κ3) is 7.41. The van der Waals surface area contributed by atoms with Crippen LogP contribution in [0.25, 0.3) is 0 Å². The van der Waals surface area contributed by atoms with Crippen LogP contribution in [0.15, 0.2) is 83.0 Å². The second-order valence-electron chi connectivity index (χ2n) is 10.4. The number of amides is 3. The molecule has 1 saturated heterocycles. The summed E-state index contributed by atoms with van der Waals surface area (Å²) < 4.78 is 84.5. The van der Waals surface area contributed by atoms with E-state index in [-0.39, 0.29) is 17.7 Å². The zero-order valence-corrected chi connectivity index (χ0v) is 25.2. The molecule has 0 spiro atoms. The van der Waals surface area contributed by atoms with Crippen LogP contribution in [-0.4, -0.2) is 41.4 Å². The second kappa shape index (κ2) is 13.0. The summed E-state index contributed by atoms with van der Waals surface area (Å²) in [6.07, 6.45) is -9.26. The van der Waals surface area contributed by atoms with Crippen molar-refractivity contribution in [3.8, 4) is 5.75 Å². The molecule has 3 N–H and O–H groups in total. The fourth-order valence-electron chi connectivity index (χ4n) is 5.05. The van der Waals surface area contributed by atoms with Gasteiger partial charge in [-0.05, 0) is 73.5 Å². The Hall–Kier alpha value is -4.66. The fourth-order valence-corrected chi connectivity index (χ4v) is 6.07. The zero-order chi connectivity index (χ0) is 33.2. The van der Waals surface area contributed by atoms with Crippen molar-refractivity contribution in [2.24, 2.45) is 4.99 Å². The lowest BCUT2D eigenvalue weighted by Gasteiger charge is -2.41. The predicted molar refractivity (Wildman–Crippen MR) is 164 cm³/mol. The number of nitrogens with zero attached hydrogens (tertiary/aromatic N) is 2. The number of hydrogen-bond donors (Lipinski definition) is 3. The van der Waals surface area contributed by atoms with Gasteiger partial charge in [0.2, 0.25) is 0 Å². The number of thioether (sulfide) groups is 1. The molecule has 8 nitrogen and oxygen atoms in total. The van der Waals surface area contributed by atoms with Gasteiger partial charge in [-0.25, -0.2) is 9.79 Å². The van der Waals surface area contributed by atoms with E-state index in [0.29, 0.717) is 46.9 Å². The average Bonchev–Trinajstić information content (AvgIpc) is 3.00. The maximum Gasteiger partial charge on any atom is 0.416 e. The van der Waals surface area contributed by atoms with Gasteiger partial charge in [-0.15, -0.1) is 0 Å². The first-order valence-electron chi connectivity index (χ1n) is 13.8. The van der Waals surface area contributed by atoms with Crippen LogP contribution in [0.5, 0.6) is 5.75 Å². The Labute approximate surface area is 263 Å². The lowest BCUT2D eigenvalue weighted by molar-refractivity contribution is -0.143. The third-order valence-electron chi connectivity index (χ3n) is 7.18. The molecule has 0 saturated carbocycles. The highest BCUT2D eigenvalue weighted by atomic mass is 32.2. The smallest absolute Gasteiger partial charge is 0.416 e. The molecule has 3 aromatic carbocycles. The van der Waals surface area contributed by atoms with Crippen LogP contribution in [0, 0.1) is 0 Å². The van der Waals surface area contributed by atoms with Gasteiger partial charge in [0.1, 0.15) is 5.75 Å². The molecule has 3 aromatic rings. The molecule has 0 aliphatic carbocycles. The van der Waals surface area contributed by atoms with Crippen molar-refractivity contribution in [3.05, 3.63) is 94.7 Å². The molecule has 1 fully saturated rings. The third-order valence-corrected chi connectivity index (χ3v) is 8.26. The number of carbonyl (C=O) groups is 2. The van der Waals surface area contributed by atoms with Crippen molar-refractivity contribution >= 4 is 45.9 Å². The van der Waals surface area contributed by atoms with Crippen molar-refractivity contribution in [2.75, 3.05) is 35.4 Å². The van der Waals surface area contributed by atoms with Gasteiger partial charge in [-0.2, -0.15) is 26.3 Å². The highest BCUT2D eigenvalue weighted by Gasteiger charge is 2.38. The number of benzene rings is 3. The molecule has 0 bridgehead atoms. The molecule has 2 heterocycles. The highest BCUT2D eigenvalue weighted by Crippen LogP contribution is 2.41. The van der Waals surface area contributed by atoms with Gasteiger partial charge in [0, 0.05) is 29.4 Å². The first kappa shape index (κ1) is 32.7. The second-order valence-corrected chi connectivity index (χ2v) is 11.4. The van der Waals surface area contributed by atoms with Gasteiger partial charge >= 0.3 is 18.4 Å². The summed E-state index contributed by atoms with van der Waals surface area (Å²) in [6, 6.07) is 12.5. The molecule has 1 atom stereocenters. The lowest BCUT2D eigenvalue weighted by atomic mass is 9.93. The van der Waals surface area contributed by atoms with Crippen LogP contribution >= 0.6 is 11.8 Å². The van der Waals surface area contributed by atoms with Crippen LogP contribution in [0.4, 0.5) is 48.2 Å². The molecule has 242 valence electrons. The number of halogens is 6. The van der Waals surface area contributed by atoms with Crippen LogP contribution in [0.3, 0.4) is 0 Å². The summed E-state index contributed by atoms with van der Waals surface area (Å²) in [4.78, 5) is 33.0. The lowest BCUT2D eigenvalue weighted by Crippen LogP contribution is -2.43. The van der Waals surface area contributed by atoms with Crippen molar-refractivity contribution in [1.82, 2.24) is 4.90 Å². The summed E-state index contributed by atoms with van der Waals surface area (Å²) in [5, 5.41) is 8.15. The van der Waals surface area contributed by atoms with E-state index in [2.05, 4.69) is 15.6 Å². The molecule has 1 unspecified atom stereocenters. The highest BCUT2D eigenvalue weighted by molar-refractivity contribution is 8.13. The standard InChI is InChI=1S/C31H27F6N5O3S/c1-17-25(27(43)39-21-8-10-24(45-2)11-9-21)26(42-12-3-13-46-29(42)38-17)18-4-6-22(7-5-18)40-28(44)41-23-15-19(30(32,33)34)14-20(16-23)31(35,36)37/h4-11,14-16,26H,3,12-13H2,1-2H3,(H,39,43)(H2,40,41,44). The Kier molecular flexibility index (Phi) is 9.24. The summed E-state index contributed by atoms with van der Waals surface area (Å²) >= 11 is 1.58. The van der Waals surface area contributed by atoms with Crippen LogP contribution in [0.2, 0.25) is 0 Å². The molecule has 2 aliphatic rings. The molecule has 3 amide bonds. The number of nitrogens with one attached hydrogen (secondary N) is 3. The molecule has 15 heteroatoms. The minimum absolute atomic E-state index is 0.0221. The van der Waals surface area contributed by atoms with E-state index in [1.54, 1.807) is 55.1 Å². The van der Waals surface area contributed by atoms with Gasteiger partial charge in [-0.3, -0.25) is 4.79 Å². The summed E-state index contributed by atoms with van der Waals surface area (Å²) in [6.45, 7) is 2.40. The number of urea groups is 1. The summed E-state index contributed by atoms with van der Waals surface area (Å²) in [7, 11) is 1.54. The molecule has 5 rings (SSSR count). The number of alkyl halides is 6. The van der Waals surface area contributed by atoms with Gasteiger partial charge in [0.15, 0.2) is 5.17 Å². The Morgan fingerprint density at radius 3 is 2.00 bits per heavy atom. The van der Waals surface area contributed by atoms with E-state index in [9.17, 15) is 35.9 Å². The Morgan fingerprint density at radius 2 is 1.41 bits per heavy atom. The number of amidine groups is 1. The summed E-state index contributed by atoms with van der Waals surface area (Å²) in [5.41, 5.74) is -1.35.